The van der Waals surface area contributed by atoms with E-state index in [0.717, 1.165) is 12.0 Å². The number of aromatic carboxylic acids is 1. The van der Waals surface area contributed by atoms with Crippen molar-refractivity contribution in [3.8, 4) is 0 Å². The van der Waals surface area contributed by atoms with E-state index in [1.165, 1.54) is 22.5 Å². The number of nitrogens with one attached hydrogen (secondary N) is 1. The molecule has 0 aliphatic rings. The number of aromatic nitrogens is 2. The predicted molar refractivity (Wildman–Crippen MR) is 95.6 cm³/mol. The van der Waals surface area contributed by atoms with Crippen LogP contribution >= 0.6 is 0 Å². The minimum Gasteiger partial charge on any atom is -0.477 e. The molecule has 0 spiro atoms. The minimum atomic E-state index is -1.11. The Balaban J connectivity index is 2.06. The highest BCUT2D eigenvalue weighted by atomic mass is 16.4. The molecule has 6 heteroatoms. The van der Waals surface area contributed by atoms with Gasteiger partial charge in [-0.1, -0.05) is 38.1 Å². The van der Waals surface area contributed by atoms with E-state index in [2.05, 4.69) is 36.4 Å². The van der Waals surface area contributed by atoms with Gasteiger partial charge >= 0.3 is 5.97 Å². The van der Waals surface area contributed by atoms with Crippen molar-refractivity contribution >= 4 is 11.9 Å². The van der Waals surface area contributed by atoms with E-state index in [9.17, 15) is 9.59 Å². The Morgan fingerprint density at radius 3 is 2.28 bits per heavy atom. The van der Waals surface area contributed by atoms with E-state index in [-0.39, 0.29) is 17.6 Å². The maximum atomic E-state index is 12.5. The second-order valence-corrected chi connectivity index (χ2v) is 6.35. The number of carbonyl (C=O) groups excluding carboxylic acids is 1. The minimum absolute atomic E-state index is 0.00629. The van der Waals surface area contributed by atoms with Crippen LogP contribution in [0, 0.1) is 0 Å². The first kappa shape index (κ1) is 18.7. The van der Waals surface area contributed by atoms with Crippen LogP contribution in [0.2, 0.25) is 0 Å². The fraction of sp³-hybridized carbons (Fsp3) is 0.421. The lowest BCUT2D eigenvalue weighted by molar-refractivity contribution is -0.124. The first-order valence-corrected chi connectivity index (χ1v) is 8.52. The van der Waals surface area contributed by atoms with Crippen molar-refractivity contribution < 1.29 is 14.7 Å². The zero-order chi connectivity index (χ0) is 18.6. The monoisotopic (exact) mass is 343 g/mol. The summed E-state index contributed by atoms with van der Waals surface area (Å²) in [5.41, 5.74) is 2.28. The second-order valence-electron chi connectivity index (χ2n) is 6.35. The average molecular weight is 343 g/mol. The third-order valence-corrected chi connectivity index (χ3v) is 4.61. The Morgan fingerprint density at radius 1 is 1.12 bits per heavy atom. The lowest BCUT2D eigenvalue weighted by Crippen LogP contribution is -2.34. The van der Waals surface area contributed by atoms with Crippen LogP contribution in [-0.2, 0) is 4.79 Å². The van der Waals surface area contributed by atoms with E-state index >= 15 is 0 Å². The van der Waals surface area contributed by atoms with E-state index in [1.54, 1.807) is 6.92 Å². The second kappa shape index (κ2) is 7.96. The highest BCUT2D eigenvalue weighted by Gasteiger charge is 2.22. The molecule has 0 aliphatic carbocycles. The molecule has 2 N–H and O–H groups in total. The van der Waals surface area contributed by atoms with E-state index < -0.39 is 12.0 Å². The Morgan fingerprint density at radius 2 is 1.72 bits per heavy atom. The van der Waals surface area contributed by atoms with E-state index in [1.807, 2.05) is 19.1 Å². The molecule has 1 aromatic carbocycles. The normalized spacial score (nSPS) is 14.6. The molecule has 1 aromatic heterocycles. The lowest BCUT2D eigenvalue weighted by Gasteiger charge is -2.19. The molecular formula is C19H25N3O3. The standard InChI is InChI=1S/C19H25N3O3/c1-5-12(2)15-6-8-16(9-7-15)13(3)21-18(23)14(4)22-17(19(24)25)10-11-20-22/h6-14H,5H2,1-4H3,(H,21,23)(H,24,25). The van der Waals surface area contributed by atoms with Crippen LogP contribution in [0.4, 0.5) is 0 Å². The third-order valence-electron chi connectivity index (χ3n) is 4.61. The first-order chi connectivity index (χ1) is 11.8. The molecule has 134 valence electrons. The Labute approximate surface area is 147 Å². The first-order valence-electron chi connectivity index (χ1n) is 8.52. The fourth-order valence-corrected chi connectivity index (χ4v) is 2.67. The maximum Gasteiger partial charge on any atom is 0.354 e. The predicted octanol–water partition coefficient (Wildman–Crippen LogP) is 3.53. The van der Waals surface area contributed by atoms with Crippen molar-refractivity contribution in [3.63, 3.8) is 0 Å². The van der Waals surface area contributed by atoms with Crippen LogP contribution in [-0.4, -0.2) is 26.8 Å². The number of hydrogen-bond acceptors (Lipinski definition) is 3. The molecule has 0 fully saturated rings. The summed E-state index contributed by atoms with van der Waals surface area (Å²) in [6.45, 7) is 7.88. The number of nitrogens with zero attached hydrogens (tertiary/aromatic N) is 2. The summed E-state index contributed by atoms with van der Waals surface area (Å²) in [7, 11) is 0. The van der Waals surface area contributed by atoms with Gasteiger partial charge in [0.15, 0.2) is 0 Å². The molecule has 2 aromatic rings. The zero-order valence-electron chi connectivity index (χ0n) is 15.1. The SMILES string of the molecule is CCC(C)c1ccc(C(C)NC(=O)C(C)n2nccc2C(=O)O)cc1. The molecule has 1 amide bonds. The molecule has 2 rings (SSSR count). The van der Waals surface area contributed by atoms with Gasteiger partial charge in [-0.25, -0.2) is 9.48 Å². The summed E-state index contributed by atoms with van der Waals surface area (Å²) < 4.78 is 1.22. The van der Waals surface area contributed by atoms with Crippen LogP contribution in [0.15, 0.2) is 36.5 Å². The van der Waals surface area contributed by atoms with Gasteiger partial charge in [0.2, 0.25) is 5.91 Å². The smallest absolute Gasteiger partial charge is 0.354 e. The van der Waals surface area contributed by atoms with Gasteiger partial charge in [-0.15, -0.1) is 0 Å². The Kier molecular flexibility index (Phi) is 5.96. The van der Waals surface area contributed by atoms with E-state index in [4.69, 9.17) is 5.11 Å². The van der Waals surface area contributed by atoms with Gasteiger partial charge < -0.3 is 10.4 Å². The summed E-state index contributed by atoms with van der Waals surface area (Å²) in [6, 6.07) is 8.72. The Hall–Kier alpha value is -2.63. The summed E-state index contributed by atoms with van der Waals surface area (Å²) in [5, 5.41) is 16.0. The van der Waals surface area contributed by atoms with Crippen molar-refractivity contribution in [1.82, 2.24) is 15.1 Å². The number of amides is 1. The summed E-state index contributed by atoms with van der Waals surface area (Å²) in [4.78, 5) is 23.6. The summed E-state index contributed by atoms with van der Waals surface area (Å²) in [5.74, 6) is -0.872. The molecule has 3 atom stereocenters. The van der Waals surface area contributed by atoms with Crippen molar-refractivity contribution in [2.45, 2.75) is 52.1 Å². The lowest BCUT2D eigenvalue weighted by atomic mass is 9.96. The van der Waals surface area contributed by atoms with Crippen molar-refractivity contribution in [2.24, 2.45) is 0 Å². The highest BCUT2D eigenvalue weighted by Crippen LogP contribution is 2.21. The summed E-state index contributed by atoms with van der Waals surface area (Å²) >= 11 is 0. The third kappa shape index (κ3) is 4.26. The molecule has 25 heavy (non-hydrogen) atoms. The van der Waals surface area contributed by atoms with Gasteiger partial charge in [0.25, 0.3) is 0 Å². The van der Waals surface area contributed by atoms with Gasteiger partial charge in [-0.05, 0) is 43.4 Å². The number of carbonyl (C=O) groups is 2. The van der Waals surface area contributed by atoms with Gasteiger partial charge in [0.1, 0.15) is 11.7 Å². The average Bonchev–Trinajstić information content (AvgIpc) is 3.10. The molecule has 0 bridgehead atoms. The number of carboxylic acid groups (broad SMARTS) is 1. The van der Waals surface area contributed by atoms with Gasteiger partial charge in [0.05, 0.1) is 6.04 Å². The molecule has 6 nitrogen and oxygen atoms in total. The van der Waals surface area contributed by atoms with Gasteiger partial charge in [-0.3, -0.25) is 4.79 Å². The van der Waals surface area contributed by atoms with Crippen LogP contribution in [0.1, 0.15) is 73.7 Å². The fourth-order valence-electron chi connectivity index (χ4n) is 2.67. The quantitative estimate of drug-likeness (QED) is 0.805. The van der Waals surface area contributed by atoms with Crippen LogP contribution in [0.5, 0.6) is 0 Å². The van der Waals surface area contributed by atoms with Gasteiger partial charge in [-0.2, -0.15) is 5.10 Å². The number of rotatable bonds is 7. The Bertz CT molecular complexity index is 737. The molecule has 1 heterocycles. The van der Waals surface area contributed by atoms with Crippen LogP contribution in [0.25, 0.3) is 0 Å². The highest BCUT2D eigenvalue weighted by molar-refractivity contribution is 5.87. The van der Waals surface area contributed by atoms with Crippen LogP contribution < -0.4 is 5.32 Å². The van der Waals surface area contributed by atoms with Gasteiger partial charge in [0, 0.05) is 6.20 Å². The molecular weight excluding hydrogens is 318 g/mol. The van der Waals surface area contributed by atoms with Crippen LogP contribution in [0.3, 0.4) is 0 Å². The molecule has 0 saturated heterocycles. The molecule has 3 unspecified atom stereocenters. The van der Waals surface area contributed by atoms with Crippen molar-refractivity contribution in [1.29, 1.82) is 0 Å². The molecule has 0 saturated carbocycles. The summed E-state index contributed by atoms with van der Waals surface area (Å²) in [6.07, 6.45) is 2.46. The number of benzene rings is 1. The van der Waals surface area contributed by atoms with E-state index in [0.29, 0.717) is 5.92 Å². The topological polar surface area (TPSA) is 84.2 Å². The zero-order valence-corrected chi connectivity index (χ0v) is 15.1. The largest absolute Gasteiger partial charge is 0.477 e. The number of carboxylic acids is 1. The number of hydrogen-bond donors (Lipinski definition) is 2. The molecule has 0 aliphatic heterocycles. The van der Waals surface area contributed by atoms with Crippen molar-refractivity contribution in [2.75, 3.05) is 0 Å². The van der Waals surface area contributed by atoms with Crippen molar-refractivity contribution in [3.05, 3.63) is 53.3 Å². The molecule has 0 radical (unpaired) electrons. The maximum absolute atomic E-state index is 12.5.